The third kappa shape index (κ3) is 2.19. The van der Waals surface area contributed by atoms with Crippen molar-refractivity contribution in [3.05, 3.63) is 77.9 Å². The Bertz CT molecular complexity index is 613. The van der Waals surface area contributed by atoms with Gasteiger partial charge in [-0.05, 0) is 42.8 Å². The molecule has 0 saturated heterocycles. The maximum Gasteiger partial charge on any atom is 0.0351 e. The zero-order valence-electron chi connectivity index (χ0n) is 12.2. The number of nitrogens with zero attached hydrogens (tertiary/aromatic N) is 1. The largest absolute Gasteiger partial charge is 0.302 e. The van der Waals surface area contributed by atoms with E-state index in [0.717, 1.165) is 6.42 Å². The second-order valence-corrected chi connectivity index (χ2v) is 5.79. The van der Waals surface area contributed by atoms with Crippen molar-refractivity contribution in [2.24, 2.45) is 0 Å². The summed E-state index contributed by atoms with van der Waals surface area (Å²) in [6.07, 6.45) is 1.10. The second-order valence-electron chi connectivity index (χ2n) is 5.79. The van der Waals surface area contributed by atoms with E-state index in [4.69, 9.17) is 0 Å². The van der Waals surface area contributed by atoms with Crippen LogP contribution in [0, 0.1) is 0 Å². The Balaban J connectivity index is 2.11. The van der Waals surface area contributed by atoms with Gasteiger partial charge in [-0.15, -0.1) is 0 Å². The average molecular weight is 263 g/mol. The topological polar surface area (TPSA) is 3.24 Å². The first-order chi connectivity index (χ1) is 9.68. The molecule has 0 heterocycles. The molecule has 0 fully saturated rings. The molecule has 1 nitrogen and oxygen atoms in total. The van der Waals surface area contributed by atoms with E-state index in [-0.39, 0.29) is 0 Å². The van der Waals surface area contributed by atoms with Crippen LogP contribution in [-0.4, -0.2) is 25.0 Å². The van der Waals surface area contributed by atoms with Gasteiger partial charge in [-0.3, -0.25) is 0 Å². The van der Waals surface area contributed by atoms with E-state index < -0.39 is 0 Å². The molecule has 1 aliphatic carbocycles. The van der Waals surface area contributed by atoms with E-state index in [0.29, 0.717) is 12.0 Å². The smallest absolute Gasteiger partial charge is 0.0351 e. The highest BCUT2D eigenvalue weighted by molar-refractivity contribution is 5.73. The van der Waals surface area contributed by atoms with Crippen molar-refractivity contribution in [3.8, 4) is 0 Å². The van der Waals surface area contributed by atoms with Crippen LogP contribution >= 0.6 is 0 Å². The maximum atomic E-state index is 4.34. The molecule has 2 aromatic carbocycles. The fraction of sp³-hybridized carbons (Fsp3) is 0.263. The summed E-state index contributed by atoms with van der Waals surface area (Å²) in [6.45, 7) is 4.34. The van der Waals surface area contributed by atoms with Crippen molar-refractivity contribution in [3.63, 3.8) is 0 Å². The lowest BCUT2D eigenvalue weighted by atomic mass is 9.74. The molecule has 0 N–H and O–H groups in total. The molecule has 1 heteroatoms. The maximum absolute atomic E-state index is 4.34. The standard InChI is InChI=1S/C19H21N/c1-14-16-11-7-8-12-17(16)18(13-19(14)20(2)3)15-9-5-4-6-10-15/h4-12,18-19H,1,13H2,2-3H3. The molecular formula is C19H21N. The summed E-state index contributed by atoms with van der Waals surface area (Å²) in [5.74, 6) is 0.463. The summed E-state index contributed by atoms with van der Waals surface area (Å²) in [5.41, 5.74) is 5.39. The van der Waals surface area contributed by atoms with Crippen molar-refractivity contribution in [1.82, 2.24) is 4.90 Å². The van der Waals surface area contributed by atoms with Crippen molar-refractivity contribution >= 4 is 5.57 Å². The lowest BCUT2D eigenvalue weighted by Gasteiger charge is -2.37. The fourth-order valence-electron chi connectivity index (χ4n) is 3.29. The monoisotopic (exact) mass is 263 g/mol. The van der Waals surface area contributed by atoms with Gasteiger partial charge in [0.1, 0.15) is 0 Å². The van der Waals surface area contributed by atoms with Crippen molar-refractivity contribution < 1.29 is 0 Å². The number of likely N-dealkylation sites (N-methyl/N-ethyl adjacent to an activating group) is 1. The molecule has 1 aliphatic rings. The normalized spacial score (nSPS) is 21.9. The third-order valence-electron chi connectivity index (χ3n) is 4.37. The van der Waals surface area contributed by atoms with E-state index in [9.17, 15) is 0 Å². The first-order valence-corrected chi connectivity index (χ1v) is 7.18. The van der Waals surface area contributed by atoms with Crippen LogP contribution in [0.2, 0.25) is 0 Å². The van der Waals surface area contributed by atoms with Gasteiger partial charge in [-0.25, -0.2) is 0 Å². The highest BCUT2D eigenvalue weighted by atomic mass is 15.1. The zero-order valence-corrected chi connectivity index (χ0v) is 12.2. The molecular weight excluding hydrogens is 242 g/mol. The first kappa shape index (κ1) is 13.1. The summed E-state index contributed by atoms with van der Waals surface area (Å²) >= 11 is 0. The third-order valence-corrected chi connectivity index (χ3v) is 4.37. The molecule has 20 heavy (non-hydrogen) atoms. The zero-order chi connectivity index (χ0) is 14.1. The molecule has 0 bridgehead atoms. The van der Waals surface area contributed by atoms with Crippen LogP contribution in [0.3, 0.4) is 0 Å². The Hall–Kier alpha value is -1.86. The van der Waals surface area contributed by atoms with Gasteiger partial charge in [0, 0.05) is 12.0 Å². The van der Waals surface area contributed by atoms with Crippen LogP contribution in [0.4, 0.5) is 0 Å². The molecule has 102 valence electrons. The van der Waals surface area contributed by atoms with E-state index in [1.807, 2.05) is 0 Å². The van der Waals surface area contributed by atoms with Gasteiger partial charge in [0.2, 0.25) is 0 Å². The minimum atomic E-state index is 0.412. The number of fused-ring (bicyclic) bond motifs is 1. The van der Waals surface area contributed by atoms with E-state index in [2.05, 4.69) is 80.2 Å². The molecule has 0 aliphatic heterocycles. The Morgan fingerprint density at radius 2 is 1.60 bits per heavy atom. The van der Waals surface area contributed by atoms with Gasteiger partial charge in [-0.2, -0.15) is 0 Å². The van der Waals surface area contributed by atoms with Gasteiger partial charge in [-0.1, -0.05) is 61.2 Å². The lowest BCUT2D eigenvalue weighted by Crippen LogP contribution is -2.34. The van der Waals surface area contributed by atoms with Crippen molar-refractivity contribution in [2.45, 2.75) is 18.4 Å². The molecule has 0 amide bonds. The summed E-state index contributed by atoms with van der Waals surface area (Å²) in [4.78, 5) is 2.29. The molecule has 2 aromatic rings. The first-order valence-electron chi connectivity index (χ1n) is 7.18. The summed E-state index contributed by atoms with van der Waals surface area (Å²) in [6, 6.07) is 20.0. The highest BCUT2D eigenvalue weighted by Gasteiger charge is 2.31. The minimum absolute atomic E-state index is 0.412. The lowest BCUT2D eigenvalue weighted by molar-refractivity contribution is 0.322. The van der Waals surface area contributed by atoms with Crippen LogP contribution in [0.15, 0.2) is 61.2 Å². The van der Waals surface area contributed by atoms with Crippen LogP contribution in [0.1, 0.15) is 29.0 Å². The number of rotatable bonds is 2. The molecule has 2 atom stereocenters. The van der Waals surface area contributed by atoms with Crippen LogP contribution in [-0.2, 0) is 0 Å². The predicted molar refractivity (Wildman–Crippen MR) is 85.9 cm³/mol. The van der Waals surface area contributed by atoms with Crippen molar-refractivity contribution in [1.29, 1.82) is 0 Å². The quantitative estimate of drug-likeness (QED) is 0.786. The molecule has 0 saturated carbocycles. The molecule has 0 radical (unpaired) electrons. The van der Waals surface area contributed by atoms with Gasteiger partial charge < -0.3 is 4.90 Å². The SMILES string of the molecule is C=C1c2ccccc2C(c2ccccc2)CC1N(C)C. The number of hydrogen-bond acceptors (Lipinski definition) is 1. The fourth-order valence-corrected chi connectivity index (χ4v) is 3.29. The Morgan fingerprint density at radius 1 is 0.950 bits per heavy atom. The van der Waals surface area contributed by atoms with Gasteiger partial charge in [0.15, 0.2) is 0 Å². The molecule has 0 aromatic heterocycles. The van der Waals surface area contributed by atoms with Gasteiger partial charge in [0.25, 0.3) is 0 Å². The van der Waals surface area contributed by atoms with Gasteiger partial charge in [0.05, 0.1) is 0 Å². The predicted octanol–water partition coefficient (Wildman–Crippen LogP) is 4.17. The van der Waals surface area contributed by atoms with E-state index >= 15 is 0 Å². The molecule has 3 rings (SSSR count). The Morgan fingerprint density at radius 3 is 2.30 bits per heavy atom. The van der Waals surface area contributed by atoms with E-state index in [1.165, 1.54) is 22.3 Å². The number of hydrogen-bond donors (Lipinski definition) is 0. The Labute approximate surface area is 121 Å². The average Bonchev–Trinajstić information content (AvgIpc) is 2.48. The Kier molecular flexibility index (Phi) is 3.45. The summed E-state index contributed by atoms with van der Waals surface area (Å²) in [7, 11) is 4.29. The number of benzene rings is 2. The van der Waals surface area contributed by atoms with Crippen LogP contribution in [0.5, 0.6) is 0 Å². The second kappa shape index (κ2) is 5.26. The highest BCUT2D eigenvalue weighted by Crippen LogP contribution is 2.42. The van der Waals surface area contributed by atoms with Crippen molar-refractivity contribution in [2.75, 3.05) is 14.1 Å². The van der Waals surface area contributed by atoms with Crippen LogP contribution in [0.25, 0.3) is 5.57 Å². The van der Waals surface area contributed by atoms with Gasteiger partial charge >= 0.3 is 0 Å². The molecule has 0 spiro atoms. The molecule has 2 unspecified atom stereocenters. The summed E-state index contributed by atoms with van der Waals surface area (Å²) < 4.78 is 0. The van der Waals surface area contributed by atoms with Crippen LogP contribution < -0.4 is 0 Å². The van der Waals surface area contributed by atoms with E-state index in [1.54, 1.807) is 0 Å². The minimum Gasteiger partial charge on any atom is -0.302 e. The summed E-state index contributed by atoms with van der Waals surface area (Å²) in [5, 5.41) is 0.